The zero-order valence-electron chi connectivity index (χ0n) is 16.6. The number of ether oxygens (including phenoxy) is 2. The van der Waals surface area contributed by atoms with Crippen LogP contribution in [0.5, 0.6) is 0 Å². The summed E-state index contributed by atoms with van der Waals surface area (Å²) in [6, 6.07) is 10.4. The summed E-state index contributed by atoms with van der Waals surface area (Å²) in [7, 11) is 0. The second-order valence-electron chi connectivity index (χ2n) is 9.22. The first-order chi connectivity index (χ1) is 14.7. The van der Waals surface area contributed by atoms with E-state index in [4.69, 9.17) is 9.47 Å². The molecule has 2 heterocycles. The summed E-state index contributed by atoms with van der Waals surface area (Å²) in [5.41, 5.74) is 0.583. The number of esters is 2. The summed E-state index contributed by atoms with van der Waals surface area (Å²) in [5, 5.41) is 0. The van der Waals surface area contributed by atoms with Crippen molar-refractivity contribution < 1.29 is 19.1 Å². The first-order valence-electron chi connectivity index (χ1n) is 10.9. The summed E-state index contributed by atoms with van der Waals surface area (Å²) in [6.07, 6.45) is 7.19. The number of rotatable bonds is 4. The van der Waals surface area contributed by atoms with E-state index in [1.54, 1.807) is 48.8 Å². The molecule has 4 fully saturated rings. The van der Waals surface area contributed by atoms with Crippen molar-refractivity contribution in [3.8, 4) is 0 Å². The van der Waals surface area contributed by atoms with Gasteiger partial charge >= 0.3 is 11.9 Å². The van der Waals surface area contributed by atoms with Gasteiger partial charge < -0.3 is 9.47 Å². The van der Waals surface area contributed by atoms with Gasteiger partial charge in [-0.05, 0) is 73.6 Å². The molecule has 0 aliphatic heterocycles. The maximum atomic E-state index is 12.8. The molecule has 8 atom stereocenters. The normalized spacial score (nSPS) is 37.7. The SMILES string of the molecule is O=C(OC1C2CC(C1OC(=O)c1ccccn1)C1C3CCC(C3)C21)c1ccccn1. The number of fused-ring (bicyclic) bond motifs is 9. The summed E-state index contributed by atoms with van der Waals surface area (Å²) < 4.78 is 12.0. The Kier molecular flexibility index (Phi) is 4.15. The first kappa shape index (κ1) is 18.0. The summed E-state index contributed by atoms with van der Waals surface area (Å²) in [5.74, 6) is 2.32. The van der Waals surface area contributed by atoms with E-state index in [0.717, 1.165) is 18.3 Å². The van der Waals surface area contributed by atoms with Crippen LogP contribution in [0.15, 0.2) is 48.8 Å². The Labute approximate surface area is 175 Å². The minimum absolute atomic E-state index is 0.268. The van der Waals surface area contributed by atoms with Gasteiger partial charge in [0.05, 0.1) is 0 Å². The molecule has 0 spiro atoms. The van der Waals surface area contributed by atoms with Crippen molar-refractivity contribution in [2.24, 2.45) is 35.5 Å². The van der Waals surface area contributed by atoms with Gasteiger partial charge in [0.15, 0.2) is 0 Å². The monoisotopic (exact) mass is 404 g/mol. The molecule has 6 nitrogen and oxygen atoms in total. The highest BCUT2D eigenvalue weighted by Crippen LogP contribution is 2.68. The van der Waals surface area contributed by atoms with Crippen LogP contribution in [0.25, 0.3) is 0 Å². The van der Waals surface area contributed by atoms with E-state index >= 15 is 0 Å². The molecule has 4 bridgehead atoms. The van der Waals surface area contributed by atoms with E-state index in [1.807, 2.05) is 0 Å². The lowest BCUT2D eigenvalue weighted by molar-refractivity contribution is -0.0894. The summed E-state index contributed by atoms with van der Waals surface area (Å²) >= 11 is 0. The lowest BCUT2D eigenvalue weighted by atomic mass is 9.69. The van der Waals surface area contributed by atoms with Gasteiger partial charge in [0.25, 0.3) is 0 Å². The van der Waals surface area contributed by atoms with Crippen molar-refractivity contribution in [2.45, 2.75) is 37.9 Å². The molecule has 2 aromatic rings. The second-order valence-corrected chi connectivity index (χ2v) is 9.22. The number of pyridine rings is 2. The third-order valence-electron chi connectivity index (χ3n) is 7.98. The fourth-order valence-corrected chi connectivity index (χ4v) is 7.12. The molecule has 0 amide bonds. The fraction of sp³-hybridized carbons (Fsp3) is 0.500. The topological polar surface area (TPSA) is 78.4 Å². The number of carbonyl (C=O) groups is 2. The van der Waals surface area contributed by atoms with Gasteiger partial charge in [0, 0.05) is 24.2 Å². The van der Waals surface area contributed by atoms with Gasteiger partial charge in [0.2, 0.25) is 0 Å². The molecule has 154 valence electrons. The van der Waals surface area contributed by atoms with Crippen molar-refractivity contribution in [1.29, 1.82) is 0 Å². The van der Waals surface area contributed by atoms with Crippen LogP contribution in [-0.4, -0.2) is 34.1 Å². The van der Waals surface area contributed by atoms with Crippen LogP contribution in [0.4, 0.5) is 0 Å². The average Bonchev–Trinajstić information content (AvgIpc) is 3.55. The minimum Gasteiger partial charge on any atom is -0.453 e. The van der Waals surface area contributed by atoms with Crippen LogP contribution in [0.2, 0.25) is 0 Å². The van der Waals surface area contributed by atoms with Crippen LogP contribution in [0, 0.1) is 35.5 Å². The number of hydrogen-bond acceptors (Lipinski definition) is 6. The third kappa shape index (κ3) is 2.69. The fourth-order valence-electron chi connectivity index (χ4n) is 7.12. The Bertz CT molecular complexity index is 888. The van der Waals surface area contributed by atoms with Crippen molar-refractivity contribution in [2.75, 3.05) is 0 Å². The Morgan fingerprint density at radius 2 is 1.23 bits per heavy atom. The molecule has 0 saturated heterocycles. The van der Waals surface area contributed by atoms with Gasteiger partial charge in [-0.15, -0.1) is 0 Å². The molecule has 6 rings (SSSR count). The van der Waals surface area contributed by atoms with Gasteiger partial charge in [-0.1, -0.05) is 12.1 Å². The van der Waals surface area contributed by atoms with Crippen molar-refractivity contribution in [3.05, 3.63) is 60.2 Å². The van der Waals surface area contributed by atoms with E-state index in [0.29, 0.717) is 23.2 Å². The largest absolute Gasteiger partial charge is 0.453 e. The molecule has 4 aliphatic rings. The summed E-state index contributed by atoms with van der Waals surface area (Å²) in [6.45, 7) is 0. The Balaban J connectivity index is 1.28. The quantitative estimate of drug-likeness (QED) is 0.573. The maximum absolute atomic E-state index is 12.8. The first-order valence-corrected chi connectivity index (χ1v) is 10.9. The number of nitrogens with zero attached hydrogens (tertiary/aromatic N) is 2. The van der Waals surface area contributed by atoms with Crippen molar-refractivity contribution in [3.63, 3.8) is 0 Å². The molecule has 0 N–H and O–H groups in total. The second kappa shape index (κ2) is 6.89. The van der Waals surface area contributed by atoms with Crippen LogP contribution in [-0.2, 0) is 9.47 Å². The molecule has 30 heavy (non-hydrogen) atoms. The van der Waals surface area contributed by atoms with Crippen molar-refractivity contribution in [1.82, 2.24) is 9.97 Å². The highest BCUT2D eigenvalue weighted by molar-refractivity contribution is 5.88. The standard InChI is InChI=1S/C24H24N2O4/c27-23(17-5-1-3-9-25-17)29-21-15-12-16(20-14-8-7-13(11-14)19(15)20)22(21)30-24(28)18-6-2-4-10-26-18/h1-6,9-10,13-16,19-22H,7-8,11-12H2. The van der Waals surface area contributed by atoms with E-state index in [-0.39, 0.29) is 11.8 Å². The molecular formula is C24H24N2O4. The molecule has 8 unspecified atom stereocenters. The average molecular weight is 404 g/mol. The number of aromatic nitrogens is 2. The zero-order chi connectivity index (χ0) is 20.2. The molecule has 0 aromatic carbocycles. The highest BCUT2D eigenvalue weighted by Gasteiger charge is 2.68. The highest BCUT2D eigenvalue weighted by atomic mass is 16.6. The van der Waals surface area contributed by atoms with Gasteiger partial charge in [0.1, 0.15) is 23.6 Å². The molecule has 4 saturated carbocycles. The molecule has 2 aromatic heterocycles. The van der Waals surface area contributed by atoms with Crippen molar-refractivity contribution >= 4 is 11.9 Å². The van der Waals surface area contributed by atoms with Crippen LogP contribution in [0.3, 0.4) is 0 Å². The summed E-state index contributed by atoms with van der Waals surface area (Å²) in [4.78, 5) is 33.8. The Morgan fingerprint density at radius 1 is 0.733 bits per heavy atom. The Morgan fingerprint density at radius 3 is 1.67 bits per heavy atom. The van der Waals surface area contributed by atoms with E-state index < -0.39 is 24.1 Å². The molecule has 6 heteroatoms. The molecular weight excluding hydrogens is 380 g/mol. The number of hydrogen-bond donors (Lipinski definition) is 0. The van der Waals surface area contributed by atoms with Crippen LogP contribution in [0.1, 0.15) is 46.7 Å². The predicted octanol–water partition coefficient (Wildman–Crippen LogP) is 3.54. The van der Waals surface area contributed by atoms with Crippen LogP contribution >= 0.6 is 0 Å². The third-order valence-corrected chi connectivity index (χ3v) is 7.98. The smallest absolute Gasteiger partial charge is 0.357 e. The van der Waals surface area contributed by atoms with E-state index in [2.05, 4.69) is 9.97 Å². The predicted molar refractivity (Wildman–Crippen MR) is 106 cm³/mol. The number of carbonyl (C=O) groups excluding carboxylic acids is 2. The lowest BCUT2D eigenvalue weighted by Crippen LogP contribution is -2.48. The minimum atomic E-state index is -0.438. The maximum Gasteiger partial charge on any atom is 0.357 e. The molecule has 0 radical (unpaired) electrons. The van der Waals surface area contributed by atoms with Crippen LogP contribution < -0.4 is 0 Å². The lowest BCUT2D eigenvalue weighted by Gasteiger charge is -2.42. The zero-order valence-corrected chi connectivity index (χ0v) is 16.6. The van der Waals surface area contributed by atoms with Gasteiger partial charge in [-0.3, -0.25) is 0 Å². The van der Waals surface area contributed by atoms with Gasteiger partial charge in [-0.2, -0.15) is 0 Å². The van der Waals surface area contributed by atoms with E-state index in [1.165, 1.54) is 19.3 Å². The van der Waals surface area contributed by atoms with Gasteiger partial charge in [-0.25, -0.2) is 19.6 Å². The van der Waals surface area contributed by atoms with E-state index in [9.17, 15) is 9.59 Å². The molecule has 4 aliphatic carbocycles. The Hall–Kier alpha value is -2.76.